The minimum Gasteiger partial charge on any atom is -0.0877 e. The van der Waals surface area contributed by atoms with Crippen LogP contribution in [-0.2, 0) is 6.42 Å². The second-order valence-corrected chi connectivity index (χ2v) is 3.08. The highest BCUT2D eigenvalue weighted by Crippen LogP contribution is 2.07. The van der Waals surface area contributed by atoms with E-state index in [1.807, 2.05) is 13.0 Å². The highest BCUT2D eigenvalue weighted by Gasteiger charge is 1.91. The molecule has 0 amide bonds. The number of allylic oxidation sites excluding steroid dienone is 4. The standard InChI is InChI=1S/C13H16.CH4/c1-3-4-5-6-10-13-11-8-7-9-12(13)2;/h3-9,11H,10H2,1-2H3;1H4/b4-3-,6-5-;. The van der Waals surface area contributed by atoms with E-state index in [1.54, 1.807) is 0 Å². The fraction of sp³-hybridized carbons (Fsp3) is 0.286. The minimum atomic E-state index is 0. The first-order valence-corrected chi connectivity index (χ1v) is 4.67. The molecule has 0 unspecified atom stereocenters. The number of hydrogen-bond acceptors (Lipinski definition) is 0. The molecule has 0 heterocycles. The van der Waals surface area contributed by atoms with Crippen molar-refractivity contribution in [1.82, 2.24) is 0 Å². The molecule has 0 aromatic heterocycles. The Morgan fingerprint density at radius 2 is 1.86 bits per heavy atom. The van der Waals surface area contributed by atoms with Gasteiger partial charge in [0, 0.05) is 0 Å². The predicted molar refractivity (Wildman–Crippen MR) is 65.6 cm³/mol. The second kappa shape index (κ2) is 7.14. The Morgan fingerprint density at radius 3 is 2.50 bits per heavy atom. The molecular formula is C14H20. The zero-order valence-corrected chi connectivity index (χ0v) is 8.33. The molecule has 0 bridgehead atoms. The Hall–Kier alpha value is -1.30. The van der Waals surface area contributed by atoms with Crippen molar-refractivity contribution >= 4 is 0 Å². The van der Waals surface area contributed by atoms with Crippen molar-refractivity contribution in [3.8, 4) is 0 Å². The van der Waals surface area contributed by atoms with Crippen LogP contribution < -0.4 is 0 Å². The van der Waals surface area contributed by atoms with Gasteiger partial charge in [-0.3, -0.25) is 0 Å². The smallest absolute Gasteiger partial charge is 0.00917 e. The van der Waals surface area contributed by atoms with E-state index in [0.29, 0.717) is 0 Å². The summed E-state index contributed by atoms with van der Waals surface area (Å²) in [5.74, 6) is 0. The maximum absolute atomic E-state index is 2.18. The monoisotopic (exact) mass is 188 g/mol. The summed E-state index contributed by atoms with van der Waals surface area (Å²) < 4.78 is 0. The lowest BCUT2D eigenvalue weighted by atomic mass is 10.1. The van der Waals surface area contributed by atoms with Gasteiger partial charge < -0.3 is 0 Å². The number of benzene rings is 1. The average molecular weight is 188 g/mol. The average Bonchev–Trinajstić information content (AvgIpc) is 2.15. The van der Waals surface area contributed by atoms with Crippen molar-refractivity contribution in [3.63, 3.8) is 0 Å². The van der Waals surface area contributed by atoms with Crippen molar-refractivity contribution < 1.29 is 0 Å². The first-order chi connectivity index (χ1) is 6.34. The topological polar surface area (TPSA) is 0 Å². The summed E-state index contributed by atoms with van der Waals surface area (Å²) in [5, 5.41) is 0. The largest absolute Gasteiger partial charge is 0.0877 e. The summed E-state index contributed by atoms with van der Waals surface area (Å²) in [7, 11) is 0. The summed E-state index contributed by atoms with van der Waals surface area (Å²) in [6, 6.07) is 8.49. The Labute approximate surface area is 88.0 Å². The van der Waals surface area contributed by atoms with Gasteiger partial charge in [-0.1, -0.05) is 56.0 Å². The van der Waals surface area contributed by atoms with Gasteiger partial charge in [0.25, 0.3) is 0 Å². The van der Waals surface area contributed by atoms with Crippen molar-refractivity contribution in [1.29, 1.82) is 0 Å². The molecule has 0 saturated heterocycles. The Bertz CT molecular complexity index is 306. The quantitative estimate of drug-likeness (QED) is 0.620. The molecular weight excluding hydrogens is 168 g/mol. The molecule has 0 radical (unpaired) electrons. The zero-order chi connectivity index (χ0) is 9.52. The van der Waals surface area contributed by atoms with Gasteiger partial charge in [-0.05, 0) is 31.4 Å². The summed E-state index contributed by atoms with van der Waals surface area (Å²) in [4.78, 5) is 0. The van der Waals surface area contributed by atoms with Gasteiger partial charge in [-0.25, -0.2) is 0 Å². The van der Waals surface area contributed by atoms with Gasteiger partial charge in [0.2, 0.25) is 0 Å². The van der Waals surface area contributed by atoms with Crippen molar-refractivity contribution in [2.24, 2.45) is 0 Å². The van der Waals surface area contributed by atoms with Crippen molar-refractivity contribution in [3.05, 3.63) is 59.7 Å². The van der Waals surface area contributed by atoms with E-state index in [2.05, 4.69) is 49.4 Å². The molecule has 14 heavy (non-hydrogen) atoms. The van der Waals surface area contributed by atoms with Crippen LogP contribution in [0.5, 0.6) is 0 Å². The molecule has 76 valence electrons. The van der Waals surface area contributed by atoms with Crippen LogP contribution >= 0.6 is 0 Å². The molecule has 0 spiro atoms. The van der Waals surface area contributed by atoms with Gasteiger partial charge in [0.15, 0.2) is 0 Å². The third-order valence-electron chi connectivity index (χ3n) is 2.04. The summed E-state index contributed by atoms with van der Waals surface area (Å²) in [5.41, 5.74) is 2.77. The zero-order valence-electron chi connectivity index (χ0n) is 8.33. The molecule has 0 aliphatic heterocycles. The highest BCUT2D eigenvalue weighted by atomic mass is 14.0. The van der Waals surface area contributed by atoms with E-state index in [4.69, 9.17) is 0 Å². The van der Waals surface area contributed by atoms with E-state index < -0.39 is 0 Å². The molecule has 1 aromatic rings. The van der Waals surface area contributed by atoms with Crippen LogP contribution in [0.3, 0.4) is 0 Å². The van der Waals surface area contributed by atoms with Crippen LogP contribution in [0.4, 0.5) is 0 Å². The van der Waals surface area contributed by atoms with E-state index in [-0.39, 0.29) is 7.43 Å². The lowest BCUT2D eigenvalue weighted by Gasteiger charge is -2.00. The van der Waals surface area contributed by atoms with Crippen LogP contribution in [-0.4, -0.2) is 0 Å². The predicted octanol–water partition coefficient (Wildman–Crippen LogP) is 4.31. The molecule has 0 aliphatic carbocycles. The van der Waals surface area contributed by atoms with Gasteiger partial charge in [-0.15, -0.1) is 0 Å². The number of hydrogen-bond donors (Lipinski definition) is 0. The van der Waals surface area contributed by atoms with Gasteiger partial charge in [-0.2, -0.15) is 0 Å². The van der Waals surface area contributed by atoms with Crippen molar-refractivity contribution in [2.75, 3.05) is 0 Å². The normalized spacial score (nSPS) is 10.7. The second-order valence-electron chi connectivity index (χ2n) is 3.08. The third kappa shape index (κ3) is 4.08. The van der Waals surface area contributed by atoms with E-state index in [1.165, 1.54) is 11.1 Å². The highest BCUT2D eigenvalue weighted by molar-refractivity contribution is 5.27. The molecule has 0 aliphatic rings. The maximum atomic E-state index is 2.18. The van der Waals surface area contributed by atoms with Crippen LogP contribution in [0.1, 0.15) is 25.5 Å². The van der Waals surface area contributed by atoms with E-state index in [0.717, 1.165) is 6.42 Å². The molecule has 0 heteroatoms. The van der Waals surface area contributed by atoms with Crippen LogP contribution in [0.25, 0.3) is 0 Å². The summed E-state index contributed by atoms with van der Waals surface area (Å²) >= 11 is 0. The Balaban J connectivity index is 0.00000169. The summed E-state index contributed by atoms with van der Waals surface area (Å²) in [6.45, 7) is 4.18. The first-order valence-electron chi connectivity index (χ1n) is 4.67. The minimum absolute atomic E-state index is 0. The molecule has 0 fully saturated rings. The van der Waals surface area contributed by atoms with Gasteiger partial charge in [0.05, 0.1) is 0 Å². The van der Waals surface area contributed by atoms with E-state index >= 15 is 0 Å². The van der Waals surface area contributed by atoms with Crippen LogP contribution in [0.2, 0.25) is 0 Å². The Morgan fingerprint density at radius 1 is 1.14 bits per heavy atom. The lowest BCUT2D eigenvalue weighted by Crippen LogP contribution is -1.84. The van der Waals surface area contributed by atoms with E-state index in [9.17, 15) is 0 Å². The van der Waals surface area contributed by atoms with Crippen molar-refractivity contribution in [2.45, 2.75) is 27.7 Å². The SMILES string of the molecule is C.C/C=C\C=C/Cc1ccccc1C. The van der Waals surface area contributed by atoms with Crippen LogP contribution in [0.15, 0.2) is 48.6 Å². The van der Waals surface area contributed by atoms with Gasteiger partial charge in [0.1, 0.15) is 0 Å². The molecule has 0 atom stereocenters. The third-order valence-corrected chi connectivity index (χ3v) is 2.04. The molecule has 0 N–H and O–H groups in total. The fourth-order valence-corrected chi connectivity index (χ4v) is 1.22. The molecule has 1 rings (SSSR count). The fourth-order valence-electron chi connectivity index (χ4n) is 1.22. The molecule has 1 aromatic carbocycles. The number of rotatable bonds is 3. The Kier molecular flexibility index (Phi) is 6.47. The maximum Gasteiger partial charge on any atom is -0.00917 e. The molecule has 0 saturated carbocycles. The van der Waals surface area contributed by atoms with Gasteiger partial charge >= 0.3 is 0 Å². The first kappa shape index (κ1) is 12.7. The lowest BCUT2D eigenvalue weighted by molar-refractivity contribution is 1.21. The summed E-state index contributed by atoms with van der Waals surface area (Å²) in [6.07, 6.45) is 9.39. The number of aryl methyl sites for hydroxylation is 1. The van der Waals surface area contributed by atoms with Crippen LogP contribution in [0, 0.1) is 6.92 Å². The molecule has 0 nitrogen and oxygen atoms in total.